The van der Waals surface area contributed by atoms with Crippen molar-refractivity contribution in [2.75, 3.05) is 24.5 Å². The summed E-state index contributed by atoms with van der Waals surface area (Å²) < 4.78 is 0. The van der Waals surface area contributed by atoms with Crippen LogP contribution < -0.4 is 10.2 Å². The molecule has 1 aromatic heterocycles. The Morgan fingerprint density at radius 2 is 1.89 bits per heavy atom. The molecule has 4 nitrogen and oxygen atoms in total. The highest BCUT2D eigenvalue weighted by Gasteiger charge is 2.44. The summed E-state index contributed by atoms with van der Waals surface area (Å²) in [6, 6.07) is 3.86. The van der Waals surface area contributed by atoms with Crippen molar-refractivity contribution in [1.82, 2.24) is 10.3 Å². The van der Waals surface area contributed by atoms with Crippen molar-refractivity contribution < 1.29 is 4.79 Å². The van der Waals surface area contributed by atoms with Crippen molar-refractivity contribution in [3.05, 3.63) is 24.5 Å². The predicted molar refractivity (Wildman–Crippen MR) is 70.4 cm³/mol. The third-order valence-electron chi connectivity index (χ3n) is 4.27. The number of piperidine rings is 2. The van der Waals surface area contributed by atoms with Gasteiger partial charge in [-0.25, -0.2) is 0 Å². The summed E-state index contributed by atoms with van der Waals surface area (Å²) in [5, 5.41) is 3.35. The molecule has 0 bridgehead atoms. The fourth-order valence-electron chi connectivity index (χ4n) is 3.21. The highest BCUT2D eigenvalue weighted by atomic mass is 16.2. The minimum Gasteiger partial charge on any atom is -0.317 e. The van der Waals surface area contributed by atoms with E-state index in [1.54, 1.807) is 12.4 Å². The highest BCUT2D eigenvalue weighted by molar-refractivity contribution is 5.98. The number of carbonyl (C=O) groups is 1. The van der Waals surface area contributed by atoms with E-state index >= 15 is 0 Å². The van der Waals surface area contributed by atoms with Gasteiger partial charge in [0.25, 0.3) is 0 Å². The summed E-state index contributed by atoms with van der Waals surface area (Å²) in [5.41, 5.74) is 0.889. The number of hydrogen-bond acceptors (Lipinski definition) is 3. The quantitative estimate of drug-likeness (QED) is 0.817. The number of nitrogens with one attached hydrogen (secondary N) is 1. The Hall–Kier alpha value is -1.42. The first-order valence-corrected chi connectivity index (χ1v) is 6.75. The van der Waals surface area contributed by atoms with E-state index < -0.39 is 0 Å². The van der Waals surface area contributed by atoms with Crippen molar-refractivity contribution in [1.29, 1.82) is 0 Å². The second-order valence-corrected chi connectivity index (χ2v) is 5.30. The van der Waals surface area contributed by atoms with Crippen molar-refractivity contribution in [3.63, 3.8) is 0 Å². The number of hydrogen-bond donors (Lipinski definition) is 1. The third kappa shape index (κ3) is 1.90. The van der Waals surface area contributed by atoms with Gasteiger partial charge in [-0.15, -0.1) is 0 Å². The molecule has 3 heterocycles. The van der Waals surface area contributed by atoms with Crippen LogP contribution in [0.25, 0.3) is 0 Å². The van der Waals surface area contributed by atoms with Gasteiger partial charge in [0.15, 0.2) is 0 Å². The summed E-state index contributed by atoms with van der Waals surface area (Å²) in [4.78, 5) is 18.8. The average Bonchev–Trinajstić information content (AvgIpc) is 2.44. The molecule has 1 spiro atoms. The Morgan fingerprint density at radius 3 is 2.61 bits per heavy atom. The first-order chi connectivity index (χ1) is 8.82. The molecule has 2 aliphatic rings. The van der Waals surface area contributed by atoms with Crippen LogP contribution in [-0.4, -0.2) is 30.5 Å². The van der Waals surface area contributed by atoms with Crippen LogP contribution in [0.4, 0.5) is 5.69 Å². The van der Waals surface area contributed by atoms with Crippen molar-refractivity contribution >= 4 is 11.6 Å². The lowest BCUT2D eigenvalue weighted by Gasteiger charge is -2.44. The maximum Gasteiger partial charge on any atom is 0.233 e. The topological polar surface area (TPSA) is 45.2 Å². The third-order valence-corrected chi connectivity index (χ3v) is 4.27. The molecule has 0 unspecified atom stereocenters. The molecule has 3 rings (SSSR count). The number of pyridine rings is 1. The maximum absolute atomic E-state index is 12.8. The Labute approximate surface area is 107 Å². The van der Waals surface area contributed by atoms with Crippen molar-refractivity contribution in [2.45, 2.75) is 25.7 Å². The summed E-state index contributed by atoms with van der Waals surface area (Å²) >= 11 is 0. The van der Waals surface area contributed by atoms with E-state index in [1.807, 2.05) is 17.0 Å². The second-order valence-electron chi connectivity index (χ2n) is 5.30. The van der Waals surface area contributed by atoms with E-state index in [2.05, 4.69) is 10.3 Å². The molecule has 0 aromatic carbocycles. The molecule has 4 heteroatoms. The van der Waals surface area contributed by atoms with Crippen molar-refractivity contribution in [2.24, 2.45) is 5.41 Å². The Balaban J connectivity index is 1.87. The smallest absolute Gasteiger partial charge is 0.233 e. The fraction of sp³-hybridized carbons (Fsp3) is 0.571. The van der Waals surface area contributed by atoms with E-state index in [4.69, 9.17) is 0 Å². The molecule has 1 aromatic rings. The average molecular weight is 245 g/mol. The number of aromatic nitrogens is 1. The first-order valence-electron chi connectivity index (χ1n) is 6.75. The minimum absolute atomic E-state index is 0.104. The van der Waals surface area contributed by atoms with E-state index in [1.165, 1.54) is 0 Å². The van der Waals surface area contributed by atoms with Crippen LogP contribution in [0, 0.1) is 5.41 Å². The summed E-state index contributed by atoms with van der Waals surface area (Å²) in [7, 11) is 0. The van der Waals surface area contributed by atoms with Gasteiger partial charge in [0, 0.05) is 24.6 Å². The Bertz CT molecular complexity index is 420. The maximum atomic E-state index is 12.8. The molecule has 0 saturated carbocycles. The molecule has 96 valence electrons. The van der Waals surface area contributed by atoms with Gasteiger partial charge in [-0.3, -0.25) is 9.78 Å². The molecule has 1 amide bonds. The lowest BCUT2D eigenvalue weighted by molar-refractivity contribution is -0.132. The number of anilines is 1. The van der Waals surface area contributed by atoms with Gasteiger partial charge in [0.1, 0.15) is 0 Å². The molecule has 0 radical (unpaired) electrons. The standard InChI is InChI=1S/C14H19N3O/c18-13-14(5-9-16-10-6-14)4-1-11-17(13)12-2-7-15-8-3-12/h2-3,7-8,16H,1,4-6,9-11H2. The van der Waals surface area contributed by atoms with Gasteiger partial charge < -0.3 is 10.2 Å². The molecule has 0 atom stereocenters. The molecule has 2 fully saturated rings. The van der Waals surface area contributed by atoms with Gasteiger partial charge >= 0.3 is 0 Å². The monoisotopic (exact) mass is 245 g/mol. The summed E-state index contributed by atoms with van der Waals surface area (Å²) in [6.07, 6.45) is 7.63. The fourth-order valence-corrected chi connectivity index (χ4v) is 3.21. The number of carbonyl (C=O) groups excluding carboxylic acids is 1. The molecule has 0 aliphatic carbocycles. The van der Waals surface area contributed by atoms with Crippen LogP contribution in [0.3, 0.4) is 0 Å². The Kier molecular flexibility index (Phi) is 3.04. The highest BCUT2D eigenvalue weighted by Crippen LogP contribution is 2.40. The predicted octanol–water partition coefficient (Wildman–Crippen LogP) is 1.58. The van der Waals surface area contributed by atoms with Crippen LogP contribution in [0.15, 0.2) is 24.5 Å². The van der Waals surface area contributed by atoms with Crippen LogP contribution in [0.2, 0.25) is 0 Å². The second kappa shape index (κ2) is 4.69. The van der Waals surface area contributed by atoms with Gasteiger partial charge in [-0.1, -0.05) is 0 Å². The zero-order valence-electron chi connectivity index (χ0n) is 10.6. The lowest BCUT2D eigenvalue weighted by atomic mass is 9.72. The van der Waals surface area contributed by atoms with E-state index in [9.17, 15) is 4.79 Å². The molecule has 2 aliphatic heterocycles. The van der Waals surface area contributed by atoms with E-state index in [-0.39, 0.29) is 5.41 Å². The Morgan fingerprint density at radius 1 is 1.17 bits per heavy atom. The molecular weight excluding hydrogens is 226 g/mol. The van der Waals surface area contributed by atoms with Gasteiger partial charge in [0.05, 0.1) is 5.41 Å². The molecule has 18 heavy (non-hydrogen) atoms. The SMILES string of the molecule is O=C1N(c2ccncc2)CCCC12CCNCC2. The van der Waals surface area contributed by atoms with Gasteiger partial charge in [-0.05, 0) is 50.9 Å². The minimum atomic E-state index is -0.104. The van der Waals surface area contributed by atoms with Gasteiger partial charge in [0.2, 0.25) is 5.91 Å². The van der Waals surface area contributed by atoms with Crippen LogP contribution in [0.1, 0.15) is 25.7 Å². The van der Waals surface area contributed by atoms with Crippen LogP contribution >= 0.6 is 0 Å². The van der Waals surface area contributed by atoms with Gasteiger partial charge in [-0.2, -0.15) is 0 Å². The lowest BCUT2D eigenvalue weighted by Crippen LogP contribution is -2.53. The van der Waals surface area contributed by atoms with E-state index in [0.717, 1.165) is 51.0 Å². The van der Waals surface area contributed by atoms with E-state index in [0.29, 0.717) is 5.91 Å². The summed E-state index contributed by atoms with van der Waals surface area (Å²) in [5.74, 6) is 0.321. The van der Waals surface area contributed by atoms with Crippen molar-refractivity contribution in [3.8, 4) is 0 Å². The molecule has 2 saturated heterocycles. The number of amides is 1. The van der Waals surface area contributed by atoms with Crippen LogP contribution in [0.5, 0.6) is 0 Å². The normalized spacial score (nSPS) is 23.3. The number of rotatable bonds is 1. The summed E-state index contributed by atoms with van der Waals surface area (Å²) in [6.45, 7) is 2.78. The largest absolute Gasteiger partial charge is 0.317 e. The first kappa shape index (κ1) is 11.7. The van der Waals surface area contributed by atoms with Crippen LogP contribution in [-0.2, 0) is 4.79 Å². The zero-order valence-corrected chi connectivity index (χ0v) is 10.6. The number of nitrogens with zero attached hydrogens (tertiary/aromatic N) is 2. The molecular formula is C14H19N3O. The molecule has 1 N–H and O–H groups in total. The zero-order chi connectivity index (χ0) is 12.4.